The second-order valence-electron chi connectivity index (χ2n) is 8.38. The van der Waals surface area contributed by atoms with Crippen LogP contribution in [0.15, 0.2) is 65.8 Å². The summed E-state index contributed by atoms with van der Waals surface area (Å²) in [6.45, 7) is 6.70. The maximum Gasteiger partial charge on any atom is 0.196 e. The van der Waals surface area contributed by atoms with Crippen LogP contribution in [0.4, 0.5) is 0 Å². The Morgan fingerprint density at radius 1 is 1.03 bits per heavy atom. The number of carbonyl (C=O) groups excluding carboxylic acids is 1. The van der Waals surface area contributed by atoms with Crippen molar-refractivity contribution in [1.82, 2.24) is 19.3 Å². The van der Waals surface area contributed by atoms with Gasteiger partial charge in [0, 0.05) is 35.3 Å². The van der Waals surface area contributed by atoms with Crippen LogP contribution in [-0.4, -0.2) is 51.7 Å². The third-order valence-corrected chi connectivity index (χ3v) is 6.89. The zero-order valence-corrected chi connectivity index (χ0v) is 21.5. The molecule has 4 aromatic rings. The monoisotopic (exact) mass is 490 g/mol. The molecule has 0 aliphatic carbocycles. The van der Waals surface area contributed by atoms with E-state index in [9.17, 15) is 4.79 Å². The van der Waals surface area contributed by atoms with E-state index in [1.807, 2.05) is 79.1 Å². The second kappa shape index (κ2) is 10.9. The van der Waals surface area contributed by atoms with E-state index >= 15 is 0 Å². The first-order valence-electron chi connectivity index (χ1n) is 11.4. The summed E-state index contributed by atoms with van der Waals surface area (Å²) in [5.41, 5.74) is 4.59. The van der Waals surface area contributed by atoms with Crippen molar-refractivity contribution in [1.29, 1.82) is 0 Å². The van der Waals surface area contributed by atoms with Crippen molar-refractivity contribution in [2.45, 2.75) is 32.0 Å². The molecule has 182 valence electrons. The van der Waals surface area contributed by atoms with Crippen LogP contribution in [0.2, 0.25) is 0 Å². The van der Waals surface area contributed by atoms with Crippen LogP contribution in [0, 0.1) is 13.8 Å². The van der Waals surface area contributed by atoms with E-state index in [0.717, 1.165) is 39.8 Å². The molecule has 1 atom stereocenters. The predicted octanol–water partition coefficient (Wildman–Crippen LogP) is 5.54. The molecule has 0 saturated heterocycles. The number of hydrogen-bond donors (Lipinski definition) is 0. The molecule has 0 spiro atoms. The molecule has 2 heterocycles. The van der Waals surface area contributed by atoms with E-state index in [1.165, 1.54) is 11.8 Å². The van der Waals surface area contributed by atoms with Crippen molar-refractivity contribution < 1.29 is 14.3 Å². The van der Waals surface area contributed by atoms with Gasteiger partial charge in [0.25, 0.3) is 0 Å². The van der Waals surface area contributed by atoms with Crippen molar-refractivity contribution >= 4 is 17.5 Å². The number of rotatable bonds is 10. The Morgan fingerprint density at radius 2 is 1.74 bits per heavy atom. The lowest BCUT2D eigenvalue weighted by molar-refractivity contribution is 0.102. The Bertz CT molecular complexity index is 1300. The highest BCUT2D eigenvalue weighted by Gasteiger charge is 2.21. The van der Waals surface area contributed by atoms with Gasteiger partial charge >= 0.3 is 0 Å². The Morgan fingerprint density at radius 3 is 2.40 bits per heavy atom. The summed E-state index contributed by atoms with van der Waals surface area (Å²) in [7, 11) is 3.33. The van der Waals surface area contributed by atoms with Gasteiger partial charge in [-0.2, -0.15) is 0 Å². The standard InChI is InChI=1S/C27H30N4O3S/c1-18-15-24(20(3)30(18)19(2)16-33-4)25(32)17-35-27-29-28-26(21-9-7-6-8-10-21)31(27)22-11-13-23(34-5)14-12-22/h6-15,19H,16-17H2,1-5H3. The number of nitrogens with zero attached hydrogens (tertiary/aromatic N) is 4. The lowest BCUT2D eigenvalue weighted by atomic mass is 10.2. The van der Waals surface area contributed by atoms with Crippen molar-refractivity contribution in [3.8, 4) is 22.8 Å². The molecule has 0 aliphatic rings. The minimum absolute atomic E-state index is 0.0597. The SMILES string of the molecule is COCC(C)n1c(C)cc(C(=O)CSc2nnc(-c3ccccc3)n2-c2ccc(OC)cc2)c1C. The molecule has 0 saturated carbocycles. The molecule has 1 unspecified atom stereocenters. The molecule has 0 fully saturated rings. The number of hydrogen-bond acceptors (Lipinski definition) is 6. The van der Waals surface area contributed by atoms with Crippen molar-refractivity contribution in [3.63, 3.8) is 0 Å². The number of benzene rings is 2. The van der Waals surface area contributed by atoms with E-state index in [2.05, 4.69) is 21.7 Å². The van der Waals surface area contributed by atoms with Gasteiger partial charge in [-0.25, -0.2) is 0 Å². The fourth-order valence-corrected chi connectivity index (χ4v) is 5.20. The Hall–Kier alpha value is -3.36. The molecule has 35 heavy (non-hydrogen) atoms. The van der Waals surface area contributed by atoms with Gasteiger partial charge in [-0.3, -0.25) is 9.36 Å². The van der Waals surface area contributed by atoms with E-state index in [-0.39, 0.29) is 17.6 Å². The first-order chi connectivity index (χ1) is 16.9. The lowest BCUT2D eigenvalue weighted by Gasteiger charge is -2.17. The molecule has 0 aliphatic heterocycles. The van der Waals surface area contributed by atoms with Gasteiger partial charge in [-0.05, 0) is 51.1 Å². The van der Waals surface area contributed by atoms with Crippen LogP contribution in [-0.2, 0) is 4.74 Å². The summed E-state index contributed by atoms with van der Waals surface area (Å²) in [6.07, 6.45) is 0. The Balaban J connectivity index is 1.63. The molecular weight excluding hydrogens is 460 g/mol. The summed E-state index contributed by atoms with van der Waals surface area (Å²) in [6, 6.07) is 19.8. The summed E-state index contributed by atoms with van der Waals surface area (Å²) in [5.74, 6) is 1.80. The molecule has 4 rings (SSSR count). The molecule has 0 amide bonds. The number of Topliss-reactive ketones (excluding diaryl/α,β-unsaturated/α-hetero) is 1. The molecule has 0 bridgehead atoms. The number of ether oxygens (including phenoxy) is 2. The average Bonchev–Trinajstić information content (AvgIpc) is 3.43. The number of aryl methyl sites for hydroxylation is 1. The highest BCUT2D eigenvalue weighted by molar-refractivity contribution is 7.99. The smallest absolute Gasteiger partial charge is 0.196 e. The van der Waals surface area contributed by atoms with Gasteiger partial charge in [0.15, 0.2) is 16.8 Å². The van der Waals surface area contributed by atoms with Crippen LogP contribution < -0.4 is 4.74 Å². The van der Waals surface area contributed by atoms with Crippen LogP contribution in [0.3, 0.4) is 0 Å². The normalized spacial score (nSPS) is 12.0. The topological polar surface area (TPSA) is 71.2 Å². The molecule has 7 nitrogen and oxygen atoms in total. The lowest BCUT2D eigenvalue weighted by Crippen LogP contribution is -2.14. The van der Waals surface area contributed by atoms with E-state index < -0.39 is 0 Å². The van der Waals surface area contributed by atoms with Gasteiger partial charge < -0.3 is 14.0 Å². The van der Waals surface area contributed by atoms with Crippen molar-refractivity contribution in [2.24, 2.45) is 0 Å². The van der Waals surface area contributed by atoms with Crippen LogP contribution in [0.1, 0.15) is 34.7 Å². The number of ketones is 1. The second-order valence-corrected chi connectivity index (χ2v) is 9.32. The Labute approximate surface area is 210 Å². The predicted molar refractivity (Wildman–Crippen MR) is 139 cm³/mol. The van der Waals surface area contributed by atoms with Gasteiger partial charge in [0.1, 0.15) is 5.75 Å². The highest BCUT2D eigenvalue weighted by Crippen LogP contribution is 2.30. The van der Waals surface area contributed by atoms with E-state index in [0.29, 0.717) is 11.8 Å². The zero-order valence-electron chi connectivity index (χ0n) is 20.7. The van der Waals surface area contributed by atoms with Crippen LogP contribution >= 0.6 is 11.8 Å². The average molecular weight is 491 g/mol. The first kappa shape index (κ1) is 24.8. The maximum atomic E-state index is 13.3. The molecule has 0 N–H and O–H groups in total. The Kier molecular flexibility index (Phi) is 7.73. The molecule has 0 radical (unpaired) electrons. The largest absolute Gasteiger partial charge is 0.497 e. The molecule has 8 heteroatoms. The summed E-state index contributed by atoms with van der Waals surface area (Å²) in [4.78, 5) is 13.3. The minimum atomic E-state index is 0.0597. The minimum Gasteiger partial charge on any atom is -0.497 e. The van der Waals surface area contributed by atoms with Gasteiger partial charge in [-0.1, -0.05) is 42.1 Å². The summed E-state index contributed by atoms with van der Waals surface area (Å²) < 4.78 is 14.8. The molecular formula is C27H30N4O3S. The fourth-order valence-electron chi connectivity index (χ4n) is 4.36. The van der Waals surface area contributed by atoms with E-state index in [1.54, 1.807) is 14.2 Å². The van der Waals surface area contributed by atoms with Gasteiger partial charge in [0.05, 0.1) is 25.5 Å². The number of aromatic nitrogens is 4. The number of carbonyl (C=O) groups is 1. The first-order valence-corrected chi connectivity index (χ1v) is 12.4. The summed E-state index contributed by atoms with van der Waals surface area (Å²) >= 11 is 1.39. The van der Waals surface area contributed by atoms with Crippen LogP contribution in [0.25, 0.3) is 17.1 Å². The third kappa shape index (κ3) is 5.18. The number of thioether (sulfide) groups is 1. The van der Waals surface area contributed by atoms with Crippen LogP contribution in [0.5, 0.6) is 5.75 Å². The molecule has 2 aromatic carbocycles. The highest BCUT2D eigenvalue weighted by atomic mass is 32.2. The van der Waals surface area contributed by atoms with E-state index in [4.69, 9.17) is 9.47 Å². The van der Waals surface area contributed by atoms with Gasteiger partial charge in [-0.15, -0.1) is 10.2 Å². The van der Waals surface area contributed by atoms with Crippen molar-refractivity contribution in [3.05, 3.63) is 77.6 Å². The number of methoxy groups -OCH3 is 2. The summed E-state index contributed by atoms with van der Waals surface area (Å²) in [5, 5.41) is 9.57. The molecule has 2 aromatic heterocycles. The quantitative estimate of drug-likeness (QED) is 0.215. The van der Waals surface area contributed by atoms with Gasteiger partial charge in [0.2, 0.25) is 0 Å². The third-order valence-electron chi connectivity index (χ3n) is 5.96. The maximum absolute atomic E-state index is 13.3. The zero-order chi connectivity index (χ0) is 24.9. The fraction of sp³-hybridized carbons (Fsp3) is 0.296. The van der Waals surface area contributed by atoms with Crippen molar-refractivity contribution in [2.75, 3.05) is 26.6 Å².